The van der Waals surface area contributed by atoms with Gasteiger partial charge < -0.3 is 15.0 Å². The van der Waals surface area contributed by atoms with Gasteiger partial charge >= 0.3 is 0 Å². The van der Waals surface area contributed by atoms with Crippen LogP contribution in [0.15, 0.2) is 54.7 Å². The lowest BCUT2D eigenvalue weighted by molar-refractivity contribution is -0.125. The molecule has 1 aliphatic heterocycles. The summed E-state index contributed by atoms with van der Waals surface area (Å²) < 4.78 is 7.54. The van der Waals surface area contributed by atoms with E-state index in [4.69, 9.17) is 14.8 Å². The topological polar surface area (TPSA) is 71.8 Å². The van der Waals surface area contributed by atoms with Crippen molar-refractivity contribution >= 4 is 27.3 Å². The fourth-order valence-corrected chi connectivity index (χ4v) is 5.26. The van der Waals surface area contributed by atoms with E-state index in [2.05, 4.69) is 41.4 Å². The highest BCUT2D eigenvalue weighted by Gasteiger charge is 2.28. The lowest BCUT2D eigenvalue weighted by Gasteiger charge is -2.31. The predicted molar refractivity (Wildman–Crippen MR) is 140 cm³/mol. The first-order valence-electron chi connectivity index (χ1n) is 12.2. The van der Waals surface area contributed by atoms with Crippen molar-refractivity contribution in [1.29, 1.82) is 0 Å². The number of aryl methyl sites for hydroxylation is 1. The number of nitrogens with one attached hydrogen (secondary N) is 1. The molecule has 2 aromatic heterocycles. The van der Waals surface area contributed by atoms with Gasteiger partial charge in [0.1, 0.15) is 5.75 Å². The van der Waals surface area contributed by atoms with E-state index in [0.717, 1.165) is 52.0 Å². The van der Waals surface area contributed by atoms with Crippen LogP contribution in [-0.2, 0) is 11.3 Å². The number of imidazole rings is 1. The molecule has 8 heteroatoms. The second-order valence-corrected chi connectivity index (χ2v) is 10.4. The molecule has 0 radical (unpaired) electrons. The molecule has 35 heavy (non-hydrogen) atoms. The van der Waals surface area contributed by atoms with Gasteiger partial charge in [-0.15, -0.1) is 5.10 Å². The van der Waals surface area contributed by atoms with Gasteiger partial charge in [0.05, 0.1) is 23.9 Å². The summed E-state index contributed by atoms with van der Waals surface area (Å²) in [6, 6.07) is 16.3. The molecule has 1 aliphatic rings. The number of ether oxygens (including phenoxy) is 1. The number of amides is 1. The Labute approximate surface area is 209 Å². The monoisotopic (exact) mass is 489 g/mol. The van der Waals surface area contributed by atoms with Crippen molar-refractivity contribution in [1.82, 2.24) is 19.9 Å². The summed E-state index contributed by atoms with van der Waals surface area (Å²) in [4.78, 5) is 20.8. The molecule has 0 unspecified atom stereocenters. The van der Waals surface area contributed by atoms with Crippen LogP contribution < -0.4 is 15.0 Å². The highest BCUT2D eigenvalue weighted by atomic mass is 32.1. The first-order valence-corrected chi connectivity index (χ1v) is 13.0. The van der Waals surface area contributed by atoms with Crippen LogP contribution in [-0.4, -0.2) is 39.7 Å². The highest BCUT2D eigenvalue weighted by molar-refractivity contribution is 7.20. The van der Waals surface area contributed by atoms with Crippen LogP contribution in [0.4, 0.5) is 5.13 Å². The number of fused-ring (bicyclic) bond motifs is 1. The van der Waals surface area contributed by atoms with Gasteiger partial charge in [-0.25, -0.2) is 9.50 Å². The third kappa shape index (κ3) is 5.48. The van der Waals surface area contributed by atoms with E-state index in [0.29, 0.717) is 13.1 Å². The van der Waals surface area contributed by atoms with E-state index in [1.165, 1.54) is 5.56 Å². The van der Waals surface area contributed by atoms with Gasteiger partial charge in [-0.3, -0.25) is 4.79 Å². The van der Waals surface area contributed by atoms with E-state index in [1.54, 1.807) is 11.3 Å². The minimum atomic E-state index is -0.0494. The average Bonchev–Trinajstić information content (AvgIpc) is 3.43. The minimum Gasteiger partial charge on any atom is -0.491 e. The van der Waals surface area contributed by atoms with E-state index >= 15 is 0 Å². The Hall–Kier alpha value is -3.39. The van der Waals surface area contributed by atoms with Crippen LogP contribution >= 0.6 is 11.3 Å². The number of hydrogen-bond acceptors (Lipinski definition) is 6. The molecule has 5 rings (SSSR count). The second kappa shape index (κ2) is 10.1. The number of benzene rings is 2. The van der Waals surface area contributed by atoms with E-state index < -0.39 is 0 Å². The molecule has 2 aromatic carbocycles. The number of anilines is 1. The van der Waals surface area contributed by atoms with Gasteiger partial charge in [-0.2, -0.15) is 0 Å². The summed E-state index contributed by atoms with van der Waals surface area (Å²) >= 11 is 1.57. The zero-order chi connectivity index (χ0) is 24.4. The van der Waals surface area contributed by atoms with Crippen molar-refractivity contribution in [3.05, 3.63) is 65.9 Å². The van der Waals surface area contributed by atoms with E-state index in [-0.39, 0.29) is 17.9 Å². The molecule has 0 bridgehead atoms. The summed E-state index contributed by atoms with van der Waals surface area (Å²) in [5.41, 5.74) is 4.31. The number of carbonyl (C=O) groups is 1. The van der Waals surface area contributed by atoms with Crippen molar-refractivity contribution in [2.24, 2.45) is 5.92 Å². The fraction of sp³-hybridized carbons (Fsp3) is 0.370. The Balaban J connectivity index is 1.19. The summed E-state index contributed by atoms with van der Waals surface area (Å²) in [6.45, 7) is 8.19. The van der Waals surface area contributed by atoms with Crippen molar-refractivity contribution in [2.75, 3.05) is 18.0 Å². The molecule has 7 nitrogen and oxygen atoms in total. The Morgan fingerprint density at radius 3 is 2.66 bits per heavy atom. The van der Waals surface area contributed by atoms with Crippen LogP contribution in [0.25, 0.3) is 16.2 Å². The van der Waals surface area contributed by atoms with Crippen molar-refractivity contribution in [3.8, 4) is 17.0 Å². The standard InChI is InChI=1S/C27H31N5O2S/c1-18(2)34-23-12-8-20(9-13-23)15-28-25(33)22-5-4-14-31(16-22)27-30-32-17-24(29-26(32)35-27)21-10-6-19(3)7-11-21/h6-13,17-18,22H,4-5,14-16H2,1-3H3,(H,28,33)/t22-/m1/s1. The highest BCUT2D eigenvalue weighted by Crippen LogP contribution is 2.30. The van der Waals surface area contributed by atoms with Gasteiger partial charge in [0.2, 0.25) is 16.0 Å². The molecule has 1 saturated heterocycles. The van der Waals surface area contributed by atoms with Crippen molar-refractivity contribution in [2.45, 2.75) is 46.3 Å². The number of carbonyl (C=O) groups excluding carboxylic acids is 1. The Bertz CT molecular complexity index is 1260. The zero-order valence-electron chi connectivity index (χ0n) is 20.4. The third-order valence-corrected chi connectivity index (χ3v) is 7.19. The normalized spacial score (nSPS) is 16.1. The molecule has 1 amide bonds. The van der Waals surface area contributed by atoms with E-state index in [1.807, 2.05) is 48.8 Å². The van der Waals surface area contributed by atoms with E-state index in [9.17, 15) is 4.79 Å². The first kappa shape index (κ1) is 23.4. The quantitative estimate of drug-likeness (QED) is 0.392. The molecule has 1 N–H and O–H groups in total. The SMILES string of the molecule is Cc1ccc(-c2cn3nc(N4CCC[C@@H](C(=O)NCc5ccc(OC(C)C)cc5)C4)sc3n2)cc1. The van der Waals surface area contributed by atoms with Crippen LogP contribution in [0, 0.1) is 12.8 Å². The number of aromatic nitrogens is 3. The largest absolute Gasteiger partial charge is 0.491 e. The molecule has 3 heterocycles. The number of rotatable bonds is 7. The Morgan fingerprint density at radius 2 is 1.94 bits per heavy atom. The summed E-state index contributed by atoms with van der Waals surface area (Å²) in [5, 5.41) is 8.80. The second-order valence-electron chi connectivity index (χ2n) is 9.42. The Morgan fingerprint density at radius 1 is 1.17 bits per heavy atom. The maximum absolute atomic E-state index is 12.9. The third-order valence-electron chi connectivity index (χ3n) is 6.20. The number of nitrogens with zero attached hydrogens (tertiary/aromatic N) is 4. The van der Waals surface area contributed by atoms with Gasteiger partial charge in [-0.1, -0.05) is 53.3 Å². The minimum absolute atomic E-state index is 0.0494. The fourth-order valence-electron chi connectivity index (χ4n) is 4.34. The lowest BCUT2D eigenvalue weighted by Crippen LogP contribution is -2.43. The zero-order valence-corrected chi connectivity index (χ0v) is 21.2. The van der Waals surface area contributed by atoms with Gasteiger partial charge in [0.25, 0.3) is 0 Å². The van der Waals surface area contributed by atoms with Gasteiger partial charge in [0, 0.05) is 25.2 Å². The van der Waals surface area contributed by atoms with Crippen LogP contribution in [0.3, 0.4) is 0 Å². The van der Waals surface area contributed by atoms with Crippen molar-refractivity contribution in [3.63, 3.8) is 0 Å². The summed E-state index contributed by atoms with van der Waals surface area (Å²) in [6.07, 6.45) is 3.98. The van der Waals surface area contributed by atoms with Crippen LogP contribution in [0.1, 0.15) is 37.8 Å². The van der Waals surface area contributed by atoms with Crippen LogP contribution in [0.2, 0.25) is 0 Å². The average molecular weight is 490 g/mol. The van der Waals surface area contributed by atoms with Gasteiger partial charge in [-0.05, 0) is 51.3 Å². The smallest absolute Gasteiger partial charge is 0.225 e. The van der Waals surface area contributed by atoms with Gasteiger partial charge in [0.15, 0.2) is 0 Å². The maximum Gasteiger partial charge on any atom is 0.225 e. The molecule has 1 atom stereocenters. The molecule has 1 fully saturated rings. The maximum atomic E-state index is 12.9. The predicted octanol–water partition coefficient (Wildman–Crippen LogP) is 5.09. The number of piperidine rings is 1. The summed E-state index contributed by atoms with van der Waals surface area (Å²) in [7, 11) is 0. The molecule has 182 valence electrons. The molecule has 0 saturated carbocycles. The molecular formula is C27H31N5O2S. The molecular weight excluding hydrogens is 458 g/mol. The Kier molecular flexibility index (Phi) is 6.72. The number of hydrogen-bond donors (Lipinski definition) is 1. The lowest BCUT2D eigenvalue weighted by atomic mass is 9.97. The molecule has 0 aliphatic carbocycles. The molecule has 4 aromatic rings. The summed E-state index contributed by atoms with van der Waals surface area (Å²) in [5.74, 6) is 0.894. The van der Waals surface area contributed by atoms with Crippen LogP contribution in [0.5, 0.6) is 5.75 Å². The molecule has 0 spiro atoms. The van der Waals surface area contributed by atoms with Crippen molar-refractivity contribution < 1.29 is 9.53 Å². The first-order chi connectivity index (χ1) is 16.9.